The number of aromatic nitrogens is 1. The molecule has 0 aliphatic carbocycles. The summed E-state index contributed by atoms with van der Waals surface area (Å²) in [6, 6.07) is 3.62. The first-order chi connectivity index (χ1) is 9.76. The van der Waals surface area contributed by atoms with E-state index in [9.17, 15) is 4.79 Å². The second kappa shape index (κ2) is 5.89. The van der Waals surface area contributed by atoms with E-state index in [1.54, 1.807) is 12.3 Å². The van der Waals surface area contributed by atoms with Crippen molar-refractivity contribution in [2.24, 2.45) is 5.41 Å². The van der Waals surface area contributed by atoms with Crippen LogP contribution in [0.15, 0.2) is 18.3 Å². The maximum Gasteiger partial charge on any atom is 0.413 e. The Hall–Kier alpha value is -1.82. The molecule has 2 rings (SSSR count). The number of anilines is 2. The van der Waals surface area contributed by atoms with Crippen molar-refractivity contribution in [1.82, 2.24) is 4.98 Å². The van der Waals surface area contributed by atoms with Gasteiger partial charge in [0.05, 0.1) is 25.1 Å². The molecule has 0 aromatic carbocycles. The van der Waals surface area contributed by atoms with Gasteiger partial charge >= 0.3 is 6.09 Å². The fourth-order valence-electron chi connectivity index (χ4n) is 1.85. The zero-order valence-corrected chi connectivity index (χ0v) is 13.0. The number of nitrogens with zero attached hydrogens (tertiary/aromatic N) is 1. The normalized spacial score (nSPS) is 16.8. The average Bonchev–Trinajstić information content (AvgIpc) is 2.33. The summed E-state index contributed by atoms with van der Waals surface area (Å²) in [5, 5.41) is 5.92. The van der Waals surface area contributed by atoms with Gasteiger partial charge in [-0.15, -0.1) is 0 Å². The molecular formula is C15H23N3O3. The number of hydrogen-bond donors (Lipinski definition) is 2. The molecule has 2 N–H and O–H groups in total. The lowest BCUT2D eigenvalue weighted by Crippen LogP contribution is -2.45. The molecule has 1 aliphatic heterocycles. The highest BCUT2D eigenvalue weighted by Gasteiger charge is 2.32. The highest BCUT2D eigenvalue weighted by Crippen LogP contribution is 2.26. The van der Waals surface area contributed by atoms with Gasteiger partial charge < -0.3 is 14.8 Å². The van der Waals surface area contributed by atoms with Crippen molar-refractivity contribution in [3.05, 3.63) is 18.3 Å². The molecule has 1 amide bonds. The highest BCUT2D eigenvalue weighted by atomic mass is 16.6. The average molecular weight is 293 g/mol. The van der Waals surface area contributed by atoms with Crippen LogP contribution in [0.4, 0.5) is 16.3 Å². The second-order valence-corrected chi connectivity index (χ2v) is 6.72. The summed E-state index contributed by atoms with van der Waals surface area (Å²) in [7, 11) is 0. The first-order valence-corrected chi connectivity index (χ1v) is 7.04. The van der Waals surface area contributed by atoms with Crippen LogP contribution in [0.5, 0.6) is 0 Å². The molecule has 1 fully saturated rings. The molecule has 0 saturated carbocycles. The first kappa shape index (κ1) is 15.6. The predicted octanol–water partition coefficient (Wildman–Crippen LogP) is 2.88. The van der Waals surface area contributed by atoms with Gasteiger partial charge in [-0.2, -0.15) is 0 Å². The molecule has 0 unspecified atom stereocenters. The van der Waals surface area contributed by atoms with Crippen molar-refractivity contribution >= 4 is 17.6 Å². The Morgan fingerprint density at radius 3 is 2.62 bits per heavy atom. The van der Waals surface area contributed by atoms with Gasteiger partial charge in [-0.05, 0) is 32.9 Å². The fraction of sp³-hybridized carbons (Fsp3) is 0.600. The summed E-state index contributed by atoms with van der Waals surface area (Å²) in [5.74, 6) is 0.466. The molecule has 0 radical (unpaired) electrons. The van der Waals surface area contributed by atoms with Crippen molar-refractivity contribution in [3.63, 3.8) is 0 Å². The van der Waals surface area contributed by atoms with E-state index in [0.29, 0.717) is 5.82 Å². The van der Waals surface area contributed by atoms with Crippen molar-refractivity contribution in [3.8, 4) is 0 Å². The van der Waals surface area contributed by atoms with Gasteiger partial charge in [0, 0.05) is 12.0 Å². The zero-order chi connectivity index (χ0) is 15.5. The van der Waals surface area contributed by atoms with Crippen molar-refractivity contribution in [2.45, 2.75) is 33.3 Å². The Morgan fingerprint density at radius 1 is 1.43 bits per heavy atom. The van der Waals surface area contributed by atoms with E-state index >= 15 is 0 Å². The molecule has 21 heavy (non-hydrogen) atoms. The minimum Gasteiger partial charge on any atom is -0.444 e. The molecule has 2 heterocycles. The Morgan fingerprint density at radius 2 is 2.14 bits per heavy atom. The van der Waals surface area contributed by atoms with Gasteiger partial charge in [-0.1, -0.05) is 6.92 Å². The summed E-state index contributed by atoms with van der Waals surface area (Å²) in [4.78, 5) is 15.8. The molecule has 6 heteroatoms. The summed E-state index contributed by atoms with van der Waals surface area (Å²) < 4.78 is 10.4. The van der Waals surface area contributed by atoms with Gasteiger partial charge in [-0.3, -0.25) is 5.32 Å². The van der Waals surface area contributed by atoms with E-state index in [1.165, 1.54) is 0 Å². The molecule has 1 saturated heterocycles. The number of ether oxygens (including phenoxy) is 2. The first-order valence-electron chi connectivity index (χ1n) is 7.04. The summed E-state index contributed by atoms with van der Waals surface area (Å²) >= 11 is 0. The Kier molecular flexibility index (Phi) is 4.37. The van der Waals surface area contributed by atoms with Crippen LogP contribution >= 0.6 is 0 Å². The molecular weight excluding hydrogens is 270 g/mol. The van der Waals surface area contributed by atoms with E-state index in [-0.39, 0.29) is 5.41 Å². The molecule has 6 nitrogen and oxygen atoms in total. The zero-order valence-electron chi connectivity index (χ0n) is 13.0. The van der Waals surface area contributed by atoms with Crippen molar-refractivity contribution in [1.29, 1.82) is 0 Å². The molecule has 0 spiro atoms. The lowest BCUT2D eigenvalue weighted by atomic mass is 9.89. The topological polar surface area (TPSA) is 72.5 Å². The quantitative estimate of drug-likeness (QED) is 0.893. The lowest BCUT2D eigenvalue weighted by Gasteiger charge is -2.38. The third kappa shape index (κ3) is 4.90. The molecule has 1 aromatic rings. The van der Waals surface area contributed by atoms with Crippen LogP contribution in [0.3, 0.4) is 0 Å². The van der Waals surface area contributed by atoms with Crippen molar-refractivity contribution < 1.29 is 14.3 Å². The third-order valence-corrected chi connectivity index (χ3v) is 3.01. The maximum atomic E-state index is 11.6. The number of pyridine rings is 1. The number of carbonyl (C=O) groups excluding carboxylic acids is 1. The third-order valence-electron chi connectivity index (χ3n) is 3.01. The van der Waals surface area contributed by atoms with Crippen LogP contribution in [-0.2, 0) is 9.47 Å². The molecule has 116 valence electrons. The largest absolute Gasteiger partial charge is 0.444 e. The van der Waals surface area contributed by atoms with Crippen LogP contribution in [0, 0.1) is 5.41 Å². The van der Waals surface area contributed by atoms with E-state index < -0.39 is 11.7 Å². The minimum absolute atomic E-state index is 0.202. The summed E-state index contributed by atoms with van der Waals surface area (Å²) in [6.07, 6.45) is 1.19. The van der Waals surface area contributed by atoms with Gasteiger partial charge in [-0.25, -0.2) is 9.78 Å². The number of rotatable bonds is 4. The number of nitrogens with one attached hydrogen (secondary N) is 2. The van der Waals surface area contributed by atoms with Gasteiger partial charge in [0.2, 0.25) is 0 Å². The number of hydrogen-bond acceptors (Lipinski definition) is 5. The minimum atomic E-state index is -0.522. The van der Waals surface area contributed by atoms with Gasteiger partial charge in [0.15, 0.2) is 0 Å². The SMILES string of the molecule is CC1(CNc2ccc(NC(=O)OC(C)(C)C)nc2)COC1. The van der Waals surface area contributed by atoms with Crippen LogP contribution in [0.25, 0.3) is 0 Å². The highest BCUT2D eigenvalue weighted by molar-refractivity contribution is 5.83. The lowest BCUT2D eigenvalue weighted by molar-refractivity contribution is -0.0924. The van der Waals surface area contributed by atoms with Crippen molar-refractivity contribution in [2.75, 3.05) is 30.4 Å². The Bertz CT molecular complexity index is 490. The monoisotopic (exact) mass is 293 g/mol. The van der Waals surface area contributed by atoms with E-state index in [2.05, 4.69) is 22.5 Å². The molecule has 0 atom stereocenters. The van der Waals surface area contributed by atoms with Crippen LogP contribution in [-0.4, -0.2) is 36.4 Å². The molecule has 1 aromatic heterocycles. The van der Waals surface area contributed by atoms with E-state index in [4.69, 9.17) is 9.47 Å². The standard InChI is InChI=1S/C15H23N3O3/c1-14(2,3)21-13(19)18-12-6-5-11(7-16-12)17-8-15(4)9-20-10-15/h5-7,17H,8-10H2,1-4H3,(H,16,18,19). The Labute approximate surface area is 125 Å². The van der Waals surface area contributed by atoms with E-state index in [0.717, 1.165) is 25.4 Å². The Balaban J connectivity index is 1.82. The van der Waals surface area contributed by atoms with Crippen LogP contribution < -0.4 is 10.6 Å². The molecule has 1 aliphatic rings. The number of amides is 1. The fourth-order valence-corrected chi connectivity index (χ4v) is 1.85. The second-order valence-electron chi connectivity index (χ2n) is 6.72. The van der Waals surface area contributed by atoms with Crippen LogP contribution in [0.1, 0.15) is 27.7 Å². The summed E-state index contributed by atoms with van der Waals surface area (Å²) in [5.41, 5.74) is 0.595. The van der Waals surface area contributed by atoms with Gasteiger partial charge in [0.1, 0.15) is 11.4 Å². The van der Waals surface area contributed by atoms with Crippen LogP contribution in [0.2, 0.25) is 0 Å². The van der Waals surface area contributed by atoms with E-state index in [1.807, 2.05) is 26.8 Å². The summed E-state index contributed by atoms with van der Waals surface area (Å²) in [6.45, 7) is 10.0. The smallest absolute Gasteiger partial charge is 0.413 e. The maximum absolute atomic E-state index is 11.6. The predicted molar refractivity (Wildman–Crippen MR) is 81.5 cm³/mol. The van der Waals surface area contributed by atoms with Gasteiger partial charge in [0.25, 0.3) is 0 Å². The number of carbonyl (C=O) groups is 1. The molecule has 0 bridgehead atoms.